The molecule has 2 fully saturated rings. The molecule has 4 heteroatoms. The minimum Gasteiger partial charge on any atom is -0.306 e. The van der Waals surface area contributed by atoms with Gasteiger partial charge < -0.3 is 5.32 Å². The number of rotatable bonds is 3. The molecule has 1 aliphatic heterocycles. The summed E-state index contributed by atoms with van der Waals surface area (Å²) in [5.41, 5.74) is 0. The van der Waals surface area contributed by atoms with Crippen molar-refractivity contribution < 1.29 is 8.42 Å². The fourth-order valence-electron chi connectivity index (χ4n) is 4.45. The molecule has 3 rings (SSSR count). The second-order valence-electron chi connectivity index (χ2n) is 6.88. The predicted octanol–water partition coefficient (Wildman–Crippen LogP) is 3.03. The first-order chi connectivity index (χ1) is 9.64. The van der Waals surface area contributed by atoms with E-state index in [-0.39, 0.29) is 11.8 Å². The van der Waals surface area contributed by atoms with Gasteiger partial charge in [0.25, 0.3) is 0 Å². The first-order valence-electron chi connectivity index (χ1n) is 8.31. The lowest BCUT2D eigenvalue weighted by Gasteiger charge is -2.40. The van der Waals surface area contributed by atoms with Crippen molar-refractivity contribution in [3.63, 3.8) is 0 Å². The molecule has 0 aromatic rings. The van der Waals surface area contributed by atoms with Crippen LogP contribution in [0.15, 0.2) is 11.5 Å². The van der Waals surface area contributed by atoms with Crippen molar-refractivity contribution in [2.24, 2.45) is 11.8 Å². The maximum Gasteiger partial charge on any atom is 0.173 e. The summed E-state index contributed by atoms with van der Waals surface area (Å²) in [6, 6.07) is 0.587. The molecule has 0 saturated heterocycles. The van der Waals surface area contributed by atoms with Gasteiger partial charge in [-0.15, -0.1) is 0 Å². The summed E-state index contributed by atoms with van der Waals surface area (Å²) in [4.78, 5) is 0. The molecule has 0 radical (unpaired) electrons. The topological polar surface area (TPSA) is 46.2 Å². The maximum absolute atomic E-state index is 11.5. The zero-order valence-electron chi connectivity index (χ0n) is 12.3. The van der Waals surface area contributed by atoms with Crippen LogP contribution in [0, 0.1) is 11.8 Å². The molecule has 0 bridgehead atoms. The third-order valence-electron chi connectivity index (χ3n) is 5.43. The molecule has 0 spiro atoms. The fourth-order valence-corrected chi connectivity index (χ4v) is 5.70. The second-order valence-corrected chi connectivity index (χ2v) is 8.82. The standard InChI is InChI=1S/C16H27NO2S/c18-20(19)11-10-14(12-20)17-16-9-5-4-8-15(16)13-6-2-1-3-7-13/h10-11,13-17H,1-9,12H2. The Labute approximate surface area is 123 Å². The van der Waals surface area contributed by atoms with Gasteiger partial charge in [0.05, 0.1) is 5.75 Å². The Balaban J connectivity index is 1.62. The monoisotopic (exact) mass is 297 g/mol. The van der Waals surface area contributed by atoms with Crippen LogP contribution >= 0.6 is 0 Å². The molecule has 3 nitrogen and oxygen atoms in total. The highest BCUT2D eigenvalue weighted by Crippen LogP contribution is 2.38. The molecule has 20 heavy (non-hydrogen) atoms. The molecule has 2 aliphatic carbocycles. The van der Waals surface area contributed by atoms with E-state index in [1.807, 2.05) is 6.08 Å². The van der Waals surface area contributed by atoms with Crippen LogP contribution in [0.5, 0.6) is 0 Å². The number of sulfone groups is 1. The minimum atomic E-state index is -2.93. The normalized spacial score (nSPS) is 38.1. The Morgan fingerprint density at radius 3 is 2.30 bits per heavy atom. The third kappa shape index (κ3) is 3.45. The molecular formula is C16H27NO2S. The SMILES string of the molecule is O=S1(=O)C=CC(NC2CCCCC2C2CCCCC2)C1. The summed E-state index contributed by atoms with van der Waals surface area (Å²) < 4.78 is 23.1. The molecular weight excluding hydrogens is 270 g/mol. The van der Waals surface area contributed by atoms with Crippen LogP contribution in [0.25, 0.3) is 0 Å². The van der Waals surface area contributed by atoms with Crippen molar-refractivity contribution in [2.75, 3.05) is 5.75 Å². The van der Waals surface area contributed by atoms with Gasteiger partial charge in [0.15, 0.2) is 9.84 Å². The highest BCUT2D eigenvalue weighted by molar-refractivity contribution is 7.94. The third-order valence-corrected chi connectivity index (χ3v) is 6.83. The average Bonchev–Trinajstić information content (AvgIpc) is 2.79. The van der Waals surface area contributed by atoms with Gasteiger partial charge in [-0.3, -0.25) is 0 Å². The van der Waals surface area contributed by atoms with E-state index in [0.717, 1.165) is 11.8 Å². The van der Waals surface area contributed by atoms with E-state index >= 15 is 0 Å². The first-order valence-corrected chi connectivity index (χ1v) is 10.0. The van der Waals surface area contributed by atoms with Gasteiger partial charge >= 0.3 is 0 Å². The Hall–Kier alpha value is -0.350. The Kier molecular flexibility index (Phi) is 4.51. The summed E-state index contributed by atoms with van der Waals surface area (Å²) >= 11 is 0. The van der Waals surface area contributed by atoms with Crippen molar-refractivity contribution in [1.82, 2.24) is 5.32 Å². The molecule has 3 aliphatic rings. The van der Waals surface area contributed by atoms with Gasteiger partial charge in [-0.2, -0.15) is 0 Å². The van der Waals surface area contributed by atoms with E-state index < -0.39 is 9.84 Å². The lowest BCUT2D eigenvalue weighted by Crippen LogP contribution is -2.47. The van der Waals surface area contributed by atoms with Crippen molar-refractivity contribution in [1.29, 1.82) is 0 Å². The molecule has 0 aromatic heterocycles. The Morgan fingerprint density at radius 1 is 0.900 bits per heavy atom. The lowest BCUT2D eigenvalue weighted by molar-refractivity contribution is 0.147. The van der Waals surface area contributed by atoms with Crippen molar-refractivity contribution in [2.45, 2.75) is 69.9 Å². The maximum atomic E-state index is 11.5. The predicted molar refractivity (Wildman–Crippen MR) is 82.2 cm³/mol. The Bertz CT molecular complexity index is 451. The van der Waals surface area contributed by atoms with E-state index in [1.54, 1.807) is 0 Å². The summed E-state index contributed by atoms with van der Waals surface area (Å²) in [7, 11) is -2.93. The van der Waals surface area contributed by atoms with Gasteiger partial charge in [-0.1, -0.05) is 51.0 Å². The molecule has 3 unspecified atom stereocenters. The molecule has 1 heterocycles. The van der Waals surface area contributed by atoms with Gasteiger partial charge in [0, 0.05) is 17.5 Å². The minimum absolute atomic E-state index is 0.0502. The zero-order valence-corrected chi connectivity index (χ0v) is 13.1. The molecule has 0 aromatic carbocycles. The lowest BCUT2D eigenvalue weighted by atomic mass is 9.71. The smallest absolute Gasteiger partial charge is 0.173 e. The summed E-state index contributed by atoms with van der Waals surface area (Å²) in [5, 5.41) is 5.05. The van der Waals surface area contributed by atoms with E-state index in [9.17, 15) is 8.42 Å². The van der Waals surface area contributed by atoms with E-state index in [4.69, 9.17) is 0 Å². The number of hydrogen-bond acceptors (Lipinski definition) is 3. The van der Waals surface area contributed by atoms with Crippen molar-refractivity contribution >= 4 is 9.84 Å². The molecule has 114 valence electrons. The highest BCUT2D eigenvalue weighted by atomic mass is 32.2. The van der Waals surface area contributed by atoms with Crippen LogP contribution in [-0.4, -0.2) is 26.3 Å². The van der Waals surface area contributed by atoms with Gasteiger partial charge in [-0.05, 0) is 24.7 Å². The van der Waals surface area contributed by atoms with Crippen LogP contribution in [0.4, 0.5) is 0 Å². The van der Waals surface area contributed by atoms with E-state index in [1.165, 1.54) is 63.2 Å². The Morgan fingerprint density at radius 2 is 1.60 bits per heavy atom. The van der Waals surface area contributed by atoms with Crippen LogP contribution in [-0.2, 0) is 9.84 Å². The summed E-state index contributed by atoms with van der Waals surface area (Å²) in [6.07, 6.45) is 14.0. The first kappa shape index (κ1) is 14.6. The van der Waals surface area contributed by atoms with Gasteiger partial charge in [0.2, 0.25) is 0 Å². The zero-order chi connectivity index (χ0) is 14.0. The molecule has 1 N–H and O–H groups in total. The quantitative estimate of drug-likeness (QED) is 0.871. The summed E-state index contributed by atoms with van der Waals surface area (Å²) in [5.74, 6) is 1.92. The number of nitrogens with one attached hydrogen (secondary N) is 1. The number of hydrogen-bond donors (Lipinski definition) is 1. The molecule has 0 amide bonds. The van der Waals surface area contributed by atoms with Crippen molar-refractivity contribution in [3.05, 3.63) is 11.5 Å². The van der Waals surface area contributed by atoms with Gasteiger partial charge in [-0.25, -0.2) is 8.42 Å². The van der Waals surface area contributed by atoms with Crippen LogP contribution < -0.4 is 5.32 Å². The molecule has 3 atom stereocenters. The average molecular weight is 297 g/mol. The van der Waals surface area contributed by atoms with Crippen LogP contribution in [0.1, 0.15) is 57.8 Å². The largest absolute Gasteiger partial charge is 0.306 e. The molecule has 2 saturated carbocycles. The summed E-state index contributed by atoms with van der Waals surface area (Å²) in [6.45, 7) is 0. The highest BCUT2D eigenvalue weighted by Gasteiger charge is 2.34. The fraction of sp³-hybridized carbons (Fsp3) is 0.875. The second kappa shape index (κ2) is 6.18. The van der Waals surface area contributed by atoms with E-state index in [0.29, 0.717) is 6.04 Å². The van der Waals surface area contributed by atoms with Gasteiger partial charge in [0.1, 0.15) is 0 Å². The van der Waals surface area contributed by atoms with Crippen LogP contribution in [0.3, 0.4) is 0 Å². The van der Waals surface area contributed by atoms with Crippen LogP contribution in [0.2, 0.25) is 0 Å². The van der Waals surface area contributed by atoms with E-state index in [2.05, 4.69) is 5.32 Å². The van der Waals surface area contributed by atoms with Crippen molar-refractivity contribution in [3.8, 4) is 0 Å².